The molecule has 17 heavy (non-hydrogen) atoms. The Kier molecular flexibility index (Phi) is 5.67. The van der Waals surface area contributed by atoms with E-state index in [-0.39, 0.29) is 17.1 Å². The lowest BCUT2D eigenvalue weighted by Gasteiger charge is -2.21. The van der Waals surface area contributed by atoms with Gasteiger partial charge in [-0.1, -0.05) is 23.2 Å². The Morgan fingerprint density at radius 3 is 2.59 bits per heavy atom. The molecule has 0 saturated heterocycles. The number of nitrogens with one attached hydrogen (secondary N) is 1. The Hall–Kier alpha value is -0.350. The van der Waals surface area contributed by atoms with Crippen LogP contribution < -0.4 is 5.32 Å². The van der Waals surface area contributed by atoms with Gasteiger partial charge in [0.2, 0.25) is 0 Å². The van der Waals surface area contributed by atoms with Crippen molar-refractivity contribution in [2.75, 3.05) is 13.7 Å². The molecule has 96 valence electrons. The summed E-state index contributed by atoms with van der Waals surface area (Å²) in [6.45, 7) is 4.43. The summed E-state index contributed by atoms with van der Waals surface area (Å²) < 4.78 is 18.4. The molecular weight excluding hydrogens is 264 g/mol. The van der Waals surface area contributed by atoms with E-state index in [1.165, 1.54) is 12.1 Å². The summed E-state index contributed by atoms with van der Waals surface area (Å²) in [5, 5.41) is 3.78. The van der Waals surface area contributed by atoms with Crippen molar-refractivity contribution >= 4 is 23.2 Å². The van der Waals surface area contributed by atoms with Crippen LogP contribution in [0.15, 0.2) is 12.1 Å². The fourth-order valence-corrected chi connectivity index (χ4v) is 2.45. The van der Waals surface area contributed by atoms with Crippen LogP contribution in [0.25, 0.3) is 0 Å². The molecule has 0 amide bonds. The van der Waals surface area contributed by atoms with Gasteiger partial charge in [0.15, 0.2) is 0 Å². The molecule has 0 heterocycles. The molecule has 0 fully saturated rings. The lowest BCUT2D eigenvalue weighted by Crippen LogP contribution is -2.32. The molecule has 1 N–H and O–H groups in total. The molecule has 5 heteroatoms. The van der Waals surface area contributed by atoms with E-state index in [0.717, 1.165) is 0 Å². The van der Waals surface area contributed by atoms with Crippen LogP contribution in [-0.4, -0.2) is 19.8 Å². The minimum absolute atomic E-state index is 0.0714. The van der Waals surface area contributed by atoms with Gasteiger partial charge in [0.1, 0.15) is 5.82 Å². The van der Waals surface area contributed by atoms with Gasteiger partial charge in [0.05, 0.1) is 11.6 Å². The van der Waals surface area contributed by atoms with Crippen molar-refractivity contribution in [2.24, 2.45) is 0 Å². The number of hydrogen-bond acceptors (Lipinski definition) is 2. The summed E-state index contributed by atoms with van der Waals surface area (Å²) in [6, 6.07) is 2.76. The Labute approximate surface area is 111 Å². The molecule has 1 aromatic carbocycles. The summed E-state index contributed by atoms with van der Waals surface area (Å²) in [7, 11) is 1.63. The minimum Gasteiger partial charge on any atom is -0.383 e. The van der Waals surface area contributed by atoms with E-state index in [1.807, 2.05) is 13.8 Å². The zero-order valence-corrected chi connectivity index (χ0v) is 11.6. The number of benzene rings is 1. The van der Waals surface area contributed by atoms with E-state index in [0.29, 0.717) is 17.2 Å². The number of halogens is 3. The van der Waals surface area contributed by atoms with Gasteiger partial charge in [-0.25, -0.2) is 4.39 Å². The predicted octanol–water partition coefficient (Wildman–Crippen LogP) is 3.82. The van der Waals surface area contributed by atoms with Crippen molar-refractivity contribution in [3.63, 3.8) is 0 Å². The van der Waals surface area contributed by atoms with Crippen molar-refractivity contribution in [3.8, 4) is 0 Å². The third-order valence-corrected chi connectivity index (χ3v) is 3.18. The highest BCUT2D eigenvalue weighted by Crippen LogP contribution is 2.32. The van der Waals surface area contributed by atoms with Crippen LogP contribution in [0.1, 0.15) is 25.5 Å². The largest absolute Gasteiger partial charge is 0.383 e. The molecule has 0 saturated carbocycles. The Bertz CT molecular complexity index is 387. The molecule has 2 nitrogen and oxygen atoms in total. The van der Waals surface area contributed by atoms with Crippen molar-refractivity contribution in [2.45, 2.75) is 25.9 Å². The monoisotopic (exact) mass is 279 g/mol. The minimum atomic E-state index is -0.459. The fourth-order valence-electron chi connectivity index (χ4n) is 1.75. The quantitative estimate of drug-likeness (QED) is 0.828. The first kappa shape index (κ1) is 14.7. The number of hydrogen-bond donors (Lipinski definition) is 1. The topological polar surface area (TPSA) is 21.3 Å². The molecule has 0 bridgehead atoms. The second kappa shape index (κ2) is 6.55. The van der Waals surface area contributed by atoms with E-state index >= 15 is 0 Å². The van der Waals surface area contributed by atoms with Crippen LogP contribution in [0.5, 0.6) is 0 Å². The molecule has 0 radical (unpaired) electrons. The predicted molar refractivity (Wildman–Crippen MR) is 69.3 cm³/mol. The van der Waals surface area contributed by atoms with E-state index in [9.17, 15) is 4.39 Å². The van der Waals surface area contributed by atoms with Crippen LogP contribution >= 0.6 is 23.2 Å². The van der Waals surface area contributed by atoms with Crippen molar-refractivity contribution in [1.82, 2.24) is 5.32 Å². The first-order valence-corrected chi connectivity index (χ1v) is 6.11. The van der Waals surface area contributed by atoms with Gasteiger partial charge in [0.25, 0.3) is 0 Å². The zero-order chi connectivity index (χ0) is 13.0. The molecule has 0 spiro atoms. The smallest absolute Gasteiger partial charge is 0.142 e. The highest BCUT2D eigenvalue weighted by molar-refractivity contribution is 6.36. The lowest BCUT2D eigenvalue weighted by molar-refractivity contribution is 0.167. The summed E-state index contributed by atoms with van der Waals surface area (Å²) in [5.74, 6) is -0.459. The highest BCUT2D eigenvalue weighted by Gasteiger charge is 2.18. The molecule has 0 aliphatic heterocycles. The average molecular weight is 280 g/mol. The number of rotatable bonds is 5. The first-order chi connectivity index (χ1) is 7.97. The van der Waals surface area contributed by atoms with Gasteiger partial charge >= 0.3 is 0 Å². The van der Waals surface area contributed by atoms with Crippen LogP contribution in [0.3, 0.4) is 0 Å². The molecule has 1 aromatic rings. The average Bonchev–Trinajstić information content (AvgIpc) is 2.24. The van der Waals surface area contributed by atoms with Crippen molar-refractivity contribution < 1.29 is 9.13 Å². The van der Waals surface area contributed by atoms with Gasteiger partial charge in [0, 0.05) is 29.8 Å². The zero-order valence-electron chi connectivity index (χ0n) is 10.1. The molecule has 0 aromatic heterocycles. The molecule has 0 aliphatic carbocycles. The molecular formula is C12H16Cl2FNO. The molecule has 0 aliphatic rings. The molecule has 2 unspecified atom stereocenters. The van der Waals surface area contributed by atoms with E-state index in [2.05, 4.69) is 5.32 Å². The Morgan fingerprint density at radius 1 is 1.35 bits per heavy atom. The van der Waals surface area contributed by atoms with Gasteiger partial charge in [-0.3, -0.25) is 0 Å². The summed E-state index contributed by atoms with van der Waals surface area (Å²) in [4.78, 5) is 0. The third-order valence-electron chi connectivity index (χ3n) is 2.46. The second-order valence-electron chi connectivity index (χ2n) is 4.00. The summed E-state index contributed by atoms with van der Waals surface area (Å²) in [6.07, 6.45) is 0. The van der Waals surface area contributed by atoms with Crippen LogP contribution in [0, 0.1) is 5.82 Å². The third kappa shape index (κ3) is 3.81. The molecule has 1 rings (SSSR count). The van der Waals surface area contributed by atoms with E-state index in [4.69, 9.17) is 27.9 Å². The van der Waals surface area contributed by atoms with Gasteiger partial charge in [-0.05, 0) is 26.0 Å². The van der Waals surface area contributed by atoms with Crippen LogP contribution in [0.2, 0.25) is 10.0 Å². The van der Waals surface area contributed by atoms with E-state index in [1.54, 1.807) is 7.11 Å². The fraction of sp³-hybridized carbons (Fsp3) is 0.500. The van der Waals surface area contributed by atoms with Crippen LogP contribution in [-0.2, 0) is 4.74 Å². The second-order valence-corrected chi connectivity index (χ2v) is 4.79. The van der Waals surface area contributed by atoms with Crippen LogP contribution in [0.4, 0.5) is 4.39 Å². The van der Waals surface area contributed by atoms with E-state index < -0.39 is 5.82 Å². The maximum absolute atomic E-state index is 13.4. The number of methoxy groups -OCH3 is 1. The highest BCUT2D eigenvalue weighted by atomic mass is 35.5. The van der Waals surface area contributed by atoms with Gasteiger partial charge < -0.3 is 10.1 Å². The summed E-state index contributed by atoms with van der Waals surface area (Å²) >= 11 is 12.0. The maximum Gasteiger partial charge on any atom is 0.142 e. The summed E-state index contributed by atoms with van der Waals surface area (Å²) in [5.41, 5.74) is 0.580. The van der Waals surface area contributed by atoms with Gasteiger partial charge in [-0.15, -0.1) is 0 Å². The maximum atomic E-state index is 13.4. The van der Waals surface area contributed by atoms with Crippen molar-refractivity contribution in [3.05, 3.63) is 33.6 Å². The van der Waals surface area contributed by atoms with Gasteiger partial charge in [-0.2, -0.15) is 0 Å². The normalized spacial score (nSPS) is 14.7. The Balaban J connectivity index is 2.88. The van der Waals surface area contributed by atoms with Crippen molar-refractivity contribution in [1.29, 1.82) is 0 Å². The number of ether oxygens (including phenoxy) is 1. The standard InChI is InChI=1S/C12H16Cl2FNO/c1-7(6-17-3)16-8(2)11-9(13)4-5-10(15)12(11)14/h4-5,7-8,16H,6H2,1-3H3. The first-order valence-electron chi connectivity index (χ1n) is 5.35. The Morgan fingerprint density at radius 2 is 2.00 bits per heavy atom. The lowest BCUT2D eigenvalue weighted by atomic mass is 10.1. The SMILES string of the molecule is COCC(C)NC(C)c1c(Cl)ccc(F)c1Cl. The molecule has 2 atom stereocenters.